The molecule has 0 saturated heterocycles. The van der Waals surface area contributed by atoms with Gasteiger partial charge in [0.1, 0.15) is 5.75 Å². The first kappa shape index (κ1) is 22.0. The van der Waals surface area contributed by atoms with Crippen LogP contribution in [0.15, 0.2) is 46.9 Å². The summed E-state index contributed by atoms with van der Waals surface area (Å²) in [5, 5.41) is 2.86. The molecule has 0 unspecified atom stereocenters. The molecular weight excluding hydrogens is 420 g/mol. The van der Waals surface area contributed by atoms with Crippen molar-refractivity contribution in [2.75, 3.05) is 26.0 Å². The van der Waals surface area contributed by atoms with Gasteiger partial charge in [0.25, 0.3) is 11.8 Å². The maximum absolute atomic E-state index is 12.8. The van der Waals surface area contributed by atoms with Gasteiger partial charge in [0, 0.05) is 29.8 Å². The normalized spacial score (nSPS) is 10.4. The Balaban J connectivity index is 2.12. The van der Waals surface area contributed by atoms with Crippen LogP contribution in [0.1, 0.15) is 53.3 Å². The summed E-state index contributed by atoms with van der Waals surface area (Å²) < 4.78 is 6.65. The van der Waals surface area contributed by atoms with Crippen LogP contribution in [0.2, 0.25) is 0 Å². The minimum absolute atomic E-state index is 0.116. The van der Waals surface area contributed by atoms with E-state index in [1.54, 1.807) is 50.5 Å². The van der Waals surface area contributed by atoms with Gasteiger partial charge >= 0.3 is 0 Å². The largest absolute Gasteiger partial charge is 0.493 e. The fraction of sp³-hybridized carbons (Fsp3) is 0.364. The second-order valence-corrected chi connectivity index (χ2v) is 7.70. The van der Waals surface area contributed by atoms with Crippen LogP contribution in [0.25, 0.3) is 0 Å². The van der Waals surface area contributed by atoms with Gasteiger partial charge < -0.3 is 15.0 Å². The Kier molecular flexibility index (Phi) is 8.51. The predicted molar refractivity (Wildman–Crippen MR) is 116 cm³/mol. The summed E-state index contributed by atoms with van der Waals surface area (Å²) in [6.07, 6.45) is 4.42. The Labute approximate surface area is 175 Å². The molecule has 0 aliphatic carbocycles. The third-order valence-electron chi connectivity index (χ3n) is 4.22. The van der Waals surface area contributed by atoms with Gasteiger partial charge in [-0.2, -0.15) is 0 Å². The molecule has 2 aromatic carbocycles. The van der Waals surface area contributed by atoms with Crippen molar-refractivity contribution in [2.24, 2.45) is 0 Å². The standard InChI is InChI=1S/C22H27BrN2O3/c1-4-5-6-7-13-28-20-12-11-17(23)15-19(20)21(26)24-18-10-8-9-16(14-18)22(27)25(2)3/h8-12,14-15H,4-7,13H2,1-3H3,(H,24,26). The molecule has 6 heteroatoms. The zero-order valence-electron chi connectivity index (χ0n) is 16.6. The summed E-state index contributed by atoms with van der Waals surface area (Å²) in [7, 11) is 3.39. The number of carbonyl (C=O) groups is 2. The summed E-state index contributed by atoms with van der Waals surface area (Å²) in [4.78, 5) is 26.5. The lowest BCUT2D eigenvalue weighted by molar-refractivity contribution is 0.0827. The Morgan fingerprint density at radius 3 is 2.57 bits per heavy atom. The van der Waals surface area contributed by atoms with Crippen LogP contribution in [0.5, 0.6) is 5.75 Å². The number of carbonyl (C=O) groups excluding carboxylic acids is 2. The number of nitrogens with zero attached hydrogens (tertiary/aromatic N) is 1. The molecule has 2 aromatic rings. The molecule has 150 valence electrons. The van der Waals surface area contributed by atoms with Gasteiger partial charge in [0.2, 0.25) is 0 Å². The van der Waals surface area contributed by atoms with Gasteiger partial charge in [-0.25, -0.2) is 0 Å². The number of amides is 2. The molecule has 0 aliphatic heterocycles. The summed E-state index contributed by atoms with van der Waals surface area (Å²) in [5.74, 6) is 0.159. The van der Waals surface area contributed by atoms with E-state index in [0.717, 1.165) is 17.3 Å². The van der Waals surface area contributed by atoms with Crippen molar-refractivity contribution in [1.29, 1.82) is 0 Å². The van der Waals surface area contributed by atoms with Gasteiger partial charge in [0.05, 0.1) is 12.2 Å². The molecule has 0 atom stereocenters. The smallest absolute Gasteiger partial charge is 0.259 e. The number of rotatable bonds is 9. The third kappa shape index (κ3) is 6.37. The van der Waals surface area contributed by atoms with E-state index < -0.39 is 0 Å². The van der Waals surface area contributed by atoms with E-state index in [4.69, 9.17) is 4.74 Å². The van der Waals surface area contributed by atoms with E-state index in [0.29, 0.717) is 29.2 Å². The molecule has 0 aromatic heterocycles. The Morgan fingerprint density at radius 2 is 1.86 bits per heavy atom. The number of benzene rings is 2. The number of nitrogens with one attached hydrogen (secondary N) is 1. The molecule has 0 heterocycles. The lowest BCUT2D eigenvalue weighted by Gasteiger charge is -2.14. The van der Waals surface area contributed by atoms with Crippen LogP contribution in [0, 0.1) is 0 Å². The van der Waals surface area contributed by atoms with Crippen LogP contribution in [0.4, 0.5) is 5.69 Å². The molecule has 0 fully saturated rings. The lowest BCUT2D eigenvalue weighted by atomic mass is 10.1. The van der Waals surface area contributed by atoms with E-state index in [1.807, 2.05) is 6.07 Å². The molecular formula is C22H27BrN2O3. The zero-order chi connectivity index (χ0) is 20.5. The zero-order valence-corrected chi connectivity index (χ0v) is 18.2. The molecule has 2 amide bonds. The average molecular weight is 447 g/mol. The summed E-state index contributed by atoms with van der Waals surface area (Å²) in [6, 6.07) is 12.3. The first-order valence-electron chi connectivity index (χ1n) is 9.47. The Morgan fingerprint density at radius 1 is 1.07 bits per heavy atom. The fourth-order valence-electron chi connectivity index (χ4n) is 2.70. The number of ether oxygens (including phenoxy) is 1. The Bertz CT molecular complexity index is 821. The highest BCUT2D eigenvalue weighted by molar-refractivity contribution is 9.10. The van der Waals surface area contributed by atoms with Crippen molar-refractivity contribution < 1.29 is 14.3 Å². The van der Waals surface area contributed by atoms with Crippen molar-refractivity contribution in [3.8, 4) is 5.75 Å². The third-order valence-corrected chi connectivity index (χ3v) is 4.71. The van der Waals surface area contributed by atoms with E-state index >= 15 is 0 Å². The molecule has 0 aliphatic rings. The number of hydrogen-bond donors (Lipinski definition) is 1. The predicted octanol–water partition coefficient (Wildman–Crippen LogP) is 5.36. The molecule has 2 rings (SSSR count). The first-order chi connectivity index (χ1) is 13.4. The van der Waals surface area contributed by atoms with Crippen molar-refractivity contribution >= 4 is 33.4 Å². The average Bonchev–Trinajstić information content (AvgIpc) is 2.68. The molecule has 28 heavy (non-hydrogen) atoms. The van der Waals surface area contributed by atoms with Crippen LogP contribution in [-0.2, 0) is 0 Å². The van der Waals surface area contributed by atoms with E-state index in [9.17, 15) is 9.59 Å². The highest BCUT2D eigenvalue weighted by Gasteiger charge is 2.15. The van der Waals surface area contributed by atoms with Gasteiger partial charge in [-0.3, -0.25) is 9.59 Å². The number of anilines is 1. The van der Waals surface area contributed by atoms with Crippen LogP contribution in [-0.4, -0.2) is 37.4 Å². The molecule has 0 spiro atoms. The highest BCUT2D eigenvalue weighted by Crippen LogP contribution is 2.25. The number of halogens is 1. The SMILES string of the molecule is CCCCCCOc1ccc(Br)cc1C(=O)Nc1cccc(C(=O)N(C)C)c1. The fourth-order valence-corrected chi connectivity index (χ4v) is 3.06. The molecule has 0 radical (unpaired) electrons. The van der Waals surface area contributed by atoms with Gasteiger partial charge in [0.15, 0.2) is 0 Å². The van der Waals surface area contributed by atoms with Crippen LogP contribution in [0.3, 0.4) is 0 Å². The summed E-state index contributed by atoms with van der Waals surface area (Å²) >= 11 is 3.41. The van der Waals surface area contributed by atoms with Gasteiger partial charge in [-0.05, 0) is 42.8 Å². The van der Waals surface area contributed by atoms with E-state index in [-0.39, 0.29) is 11.8 Å². The minimum atomic E-state index is -0.278. The van der Waals surface area contributed by atoms with Gasteiger partial charge in [-0.1, -0.05) is 48.2 Å². The molecule has 0 saturated carbocycles. The van der Waals surface area contributed by atoms with Crippen molar-refractivity contribution in [1.82, 2.24) is 4.90 Å². The maximum Gasteiger partial charge on any atom is 0.259 e. The van der Waals surface area contributed by atoms with E-state index in [2.05, 4.69) is 28.2 Å². The van der Waals surface area contributed by atoms with E-state index in [1.165, 1.54) is 17.7 Å². The quantitative estimate of drug-likeness (QED) is 0.527. The maximum atomic E-state index is 12.8. The molecule has 0 bridgehead atoms. The monoisotopic (exact) mass is 446 g/mol. The lowest BCUT2D eigenvalue weighted by Crippen LogP contribution is -2.22. The number of unbranched alkanes of at least 4 members (excludes halogenated alkanes) is 3. The van der Waals surface area contributed by atoms with Crippen molar-refractivity contribution in [3.05, 3.63) is 58.1 Å². The summed E-state index contributed by atoms with van der Waals surface area (Å²) in [5.41, 5.74) is 1.53. The van der Waals surface area contributed by atoms with Crippen molar-refractivity contribution in [3.63, 3.8) is 0 Å². The highest BCUT2D eigenvalue weighted by atomic mass is 79.9. The van der Waals surface area contributed by atoms with Crippen LogP contribution >= 0.6 is 15.9 Å². The van der Waals surface area contributed by atoms with Gasteiger partial charge in [-0.15, -0.1) is 0 Å². The number of hydrogen-bond acceptors (Lipinski definition) is 3. The first-order valence-corrected chi connectivity index (χ1v) is 10.3. The second-order valence-electron chi connectivity index (χ2n) is 6.78. The Hall–Kier alpha value is -2.34. The van der Waals surface area contributed by atoms with Crippen molar-refractivity contribution in [2.45, 2.75) is 32.6 Å². The summed E-state index contributed by atoms with van der Waals surface area (Å²) in [6.45, 7) is 2.74. The second kappa shape index (κ2) is 10.9. The minimum Gasteiger partial charge on any atom is -0.493 e. The molecule has 1 N–H and O–H groups in total. The molecule has 5 nitrogen and oxygen atoms in total. The topological polar surface area (TPSA) is 58.6 Å². The van der Waals surface area contributed by atoms with Crippen LogP contribution < -0.4 is 10.1 Å².